The molecule has 1 aliphatic heterocycles. The molecule has 0 aromatic heterocycles. The number of ether oxygens (including phenoxy) is 2. The van der Waals surface area contributed by atoms with Gasteiger partial charge in [0.05, 0.1) is 19.3 Å². The van der Waals surface area contributed by atoms with Crippen LogP contribution in [0.3, 0.4) is 0 Å². The molecule has 1 saturated heterocycles. The van der Waals surface area contributed by atoms with Crippen molar-refractivity contribution >= 4 is 30.5 Å². The van der Waals surface area contributed by atoms with E-state index in [0.29, 0.717) is 26.4 Å². The van der Waals surface area contributed by atoms with Crippen LogP contribution in [0.25, 0.3) is 0 Å². The second kappa shape index (κ2) is 13.9. The Bertz CT molecular complexity index is 746. The van der Waals surface area contributed by atoms with E-state index in [2.05, 4.69) is 67.0 Å². The van der Waals surface area contributed by atoms with Gasteiger partial charge in [0, 0.05) is 38.4 Å². The van der Waals surface area contributed by atoms with Crippen LogP contribution in [0, 0.1) is 0 Å². The van der Waals surface area contributed by atoms with Crippen molar-refractivity contribution in [3.63, 3.8) is 0 Å². The van der Waals surface area contributed by atoms with E-state index in [-0.39, 0.29) is 30.2 Å². The zero-order chi connectivity index (χ0) is 21.4. The summed E-state index contributed by atoms with van der Waals surface area (Å²) in [7, 11) is 0. The lowest BCUT2D eigenvalue weighted by molar-refractivity contribution is 0.00718. The molecule has 32 heavy (non-hydrogen) atoms. The Hall–Kier alpha value is -1.50. The van der Waals surface area contributed by atoms with E-state index >= 15 is 0 Å². The first-order valence-corrected chi connectivity index (χ1v) is 10.9. The average Bonchev–Trinajstić information content (AvgIpc) is 2.74. The van der Waals surface area contributed by atoms with E-state index in [4.69, 9.17) is 9.47 Å². The third kappa shape index (κ3) is 9.16. The first-order chi connectivity index (χ1) is 14.4. The van der Waals surface area contributed by atoms with Gasteiger partial charge in [0.15, 0.2) is 0 Å². The van der Waals surface area contributed by atoms with E-state index in [1.165, 1.54) is 11.3 Å². The Kier molecular flexibility index (Phi) is 12.4. The number of benzene rings is 2. The van der Waals surface area contributed by atoms with Crippen molar-refractivity contribution < 1.29 is 14.6 Å². The van der Waals surface area contributed by atoms with Crippen LogP contribution in [0.2, 0.25) is 0 Å². The van der Waals surface area contributed by atoms with Crippen LogP contribution in [-0.4, -0.2) is 68.7 Å². The fourth-order valence-electron chi connectivity index (χ4n) is 3.67. The maximum atomic E-state index is 10.3. The van der Waals surface area contributed by atoms with Crippen LogP contribution >= 0.6 is 24.8 Å². The maximum Gasteiger partial charge on any atom is 0.119 e. The number of piperazine rings is 1. The smallest absolute Gasteiger partial charge is 0.119 e. The molecule has 1 atom stereocenters. The number of aliphatic hydroxyl groups excluding tert-OH is 1. The van der Waals surface area contributed by atoms with Crippen molar-refractivity contribution in [1.82, 2.24) is 4.90 Å². The summed E-state index contributed by atoms with van der Waals surface area (Å²) in [4.78, 5) is 4.70. The maximum absolute atomic E-state index is 10.3. The summed E-state index contributed by atoms with van der Waals surface area (Å²) in [6.07, 6.45) is -0.473. The third-order valence-corrected chi connectivity index (χ3v) is 5.49. The molecule has 0 radical (unpaired) electrons. The highest BCUT2D eigenvalue weighted by Gasteiger charge is 2.19. The van der Waals surface area contributed by atoms with Crippen molar-refractivity contribution in [1.29, 1.82) is 0 Å². The van der Waals surface area contributed by atoms with Crippen LogP contribution in [-0.2, 0) is 10.2 Å². The number of hydrogen-bond donors (Lipinski definition) is 1. The Morgan fingerprint density at radius 2 is 1.50 bits per heavy atom. The molecule has 2 aromatic rings. The quantitative estimate of drug-likeness (QED) is 0.534. The normalized spacial score (nSPS) is 15.4. The van der Waals surface area contributed by atoms with Gasteiger partial charge in [-0.3, -0.25) is 4.90 Å². The monoisotopic (exact) mass is 484 g/mol. The van der Waals surface area contributed by atoms with Gasteiger partial charge in [-0.05, 0) is 35.2 Å². The third-order valence-electron chi connectivity index (χ3n) is 5.49. The standard InChI is InChI=1S/C25H36N2O3.2ClH/c1-25(2,3)21-9-11-24(12-10-21)30-18-17-29-20-23(28)19-26-13-15-27(16-14-26)22-7-5-4-6-8-22;;/h4-12,23,28H,13-20H2,1-3H3;2*1H. The van der Waals surface area contributed by atoms with E-state index in [1.807, 2.05) is 18.2 Å². The van der Waals surface area contributed by atoms with Gasteiger partial charge < -0.3 is 19.5 Å². The van der Waals surface area contributed by atoms with Crippen LogP contribution in [0.15, 0.2) is 54.6 Å². The van der Waals surface area contributed by atoms with E-state index in [9.17, 15) is 5.11 Å². The van der Waals surface area contributed by atoms with Crippen molar-refractivity contribution in [2.75, 3.05) is 57.4 Å². The van der Waals surface area contributed by atoms with Gasteiger partial charge in [0.25, 0.3) is 0 Å². The molecule has 7 heteroatoms. The molecule has 0 amide bonds. The highest BCUT2D eigenvalue weighted by Crippen LogP contribution is 2.24. The zero-order valence-corrected chi connectivity index (χ0v) is 21.0. The molecule has 0 aliphatic carbocycles. The van der Waals surface area contributed by atoms with Gasteiger partial charge in [-0.1, -0.05) is 51.1 Å². The minimum atomic E-state index is -0.473. The first-order valence-electron chi connectivity index (χ1n) is 10.9. The lowest BCUT2D eigenvalue weighted by Crippen LogP contribution is -2.49. The van der Waals surface area contributed by atoms with Gasteiger partial charge in [0.1, 0.15) is 12.4 Å². The first kappa shape index (κ1) is 28.5. The summed E-state index contributed by atoms with van der Waals surface area (Å²) in [6.45, 7) is 12.4. The van der Waals surface area contributed by atoms with Gasteiger partial charge in [0.2, 0.25) is 0 Å². The summed E-state index contributed by atoms with van der Waals surface area (Å²) in [6, 6.07) is 18.7. The summed E-state index contributed by atoms with van der Waals surface area (Å²) in [5, 5.41) is 10.3. The number of rotatable bonds is 9. The van der Waals surface area contributed by atoms with E-state index in [0.717, 1.165) is 31.9 Å². The molecular weight excluding hydrogens is 447 g/mol. The molecule has 0 saturated carbocycles. The van der Waals surface area contributed by atoms with Gasteiger partial charge in [-0.2, -0.15) is 0 Å². The van der Waals surface area contributed by atoms with E-state index < -0.39 is 6.10 Å². The molecule has 1 N–H and O–H groups in total. The molecular formula is C25H38Cl2N2O3. The Balaban J connectivity index is 0.00000256. The second-order valence-corrected chi connectivity index (χ2v) is 8.97. The number of hydrogen-bond acceptors (Lipinski definition) is 5. The molecule has 3 rings (SSSR count). The van der Waals surface area contributed by atoms with Gasteiger partial charge in [-0.15, -0.1) is 24.8 Å². The summed E-state index contributed by atoms with van der Waals surface area (Å²) in [5.41, 5.74) is 2.71. The minimum Gasteiger partial charge on any atom is -0.491 e. The van der Waals surface area contributed by atoms with Crippen LogP contribution in [0.1, 0.15) is 26.3 Å². The Labute approximate surface area is 205 Å². The SMILES string of the molecule is CC(C)(C)c1ccc(OCCOCC(O)CN2CCN(c3ccccc3)CC2)cc1.Cl.Cl. The lowest BCUT2D eigenvalue weighted by Gasteiger charge is -2.36. The summed E-state index contributed by atoms with van der Waals surface area (Å²) >= 11 is 0. The lowest BCUT2D eigenvalue weighted by atomic mass is 9.87. The van der Waals surface area contributed by atoms with Crippen LogP contribution in [0.5, 0.6) is 5.75 Å². The molecule has 0 spiro atoms. The predicted molar refractivity (Wildman–Crippen MR) is 137 cm³/mol. The number of nitrogens with zero attached hydrogens (tertiary/aromatic N) is 2. The molecule has 1 heterocycles. The molecule has 1 unspecified atom stereocenters. The van der Waals surface area contributed by atoms with Crippen molar-refractivity contribution in [3.05, 3.63) is 60.2 Å². The molecule has 1 fully saturated rings. The fourth-order valence-corrected chi connectivity index (χ4v) is 3.67. The van der Waals surface area contributed by atoms with Gasteiger partial charge >= 0.3 is 0 Å². The topological polar surface area (TPSA) is 45.2 Å². The number of para-hydroxylation sites is 1. The Morgan fingerprint density at radius 3 is 2.09 bits per heavy atom. The van der Waals surface area contributed by atoms with Crippen molar-refractivity contribution in [2.24, 2.45) is 0 Å². The second-order valence-electron chi connectivity index (χ2n) is 8.97. The van der Waals surface area contributed by atoms with E-state index in [1.54, 1.807) is 0 Å². The van der Waals surface area contributed by atoms with Crippen LogP contribution in [0.4, 0.5) is 5.69 Å². The molecule has 2 aromatic carbocycles. The predicted octanol–water partition coefficient (Wildman–Crippen LogP) is 4.41. The minimum absolute atomic E-state index is 0. The summed E-state index contributed by atoms with van der Waals surface area (Å²) in [5.74, 6) is 0.850. The molecule has 180 valence electrons. The highest BCUT2D eigenvalue weighted by molar-refractivity contribution is 5.85. The van der Waals surface area contributed by atoms with Gasteiger partial charge in [-0.25, -0.2) is 0 Å². The zero-order valence-electron chi connectivity index (χ0n) is 19.4. The Morgan fingerprint density at radius 1 is 0.875 bits per heavy atom. The van der Waals surface area contributed by atoms with Crippen molar-refractivity contribution in [3.8, 4) is 5.75 Å². The average molecular weight is 485 g/mol. The number of aliphatic hydroxyl groups is 1. The molecule has 1 aliphatic rings. The fraction of sp³-hybridized carbons (Fsp3) is 0.520. The molecule has 5 nitrogen and oxygen atoms in total. The number of β-amino-alcohol motifs (C(OH)–C–C–N with tert-alkyl or cyclic N) is 1. The summed E-state index contributed by atoms with van der Waals surface area (Å²) < 4.78 is 11.4. The largest absolute Gasteiger partial charge is 0.491 e. The highest BCUT2D eigenvalue weighted by atomic mass is 35.5. The van der Waals surface area contributed by atoms with Crippen LogP contribution < -0.4 is 9.64 Å². The molecule has 0 bridgehead atoms. The number of halogens is 2. The number of anilines is 1. The van der Waals surface area contributed by atoms with Crippen molar-refractivity contribution in [2.45, 2.75) is 32.3 Å².